The van der Waals surface area contributed by atoms with Gasteiger partial charge in [-0.3, -0.25) is 0 Å². The van der Waals surface area contributed by atoms with Gasteiger partial charge in [-0.05, 0) is 30.2 Å². The SMILES string of the molecule is Cc1nc2ccccc2nc1NCc1ccccc1CN. The van der Waals surface area contributed by atoms with Crippen LogP contribution < -0.4 is 11.1 Å². The molecule has 0 fully saturated rings. The van der Waals surface area contributed by atoms with Gasteiger partial charge in [0.2, 0.25) is 0 Å². The number of anilines is 1. The molecule has 1 heterocycles. The molecule has 0 saturated heterocycles. The maximum atomic E-state index is 5.77. The molecule has 0 atom stereocenters. The lowest BCUT2D eigenvalue weighted by Gasteiger charge is -2.11. The van der Waals surface area contributed by atoms with Crippen LogP contribution in [0.2, 0.25) is 0 Å². The summed E-state index contributed by atoms with van der Waals surface area (Å²) >= 11 is 0. The molecule has 0 saturated carbocycles. The molecule has 3 rings (SSSR count). The van der Waals surface area contributed by atoms with Gasteiger partial charge in [-0.25, -0.2) is 9.97 Å². The molecule has 0 aliphatic carbocycles. The molecule has 3 aromatic rings. The molecule has 4 nitrogen and oxygen atoms in total. The number of nitrogens with two attached hydrogens (primary N) is 1. The Kier molecular flexibility index (Phi) is 3.79. The predicted molar refractivity (Wildman–Crippen MR) is 85.9 cm³/mol. The monoisotopic (exact) mass is 278 g/mol. The summed E-state index contributed by atoms with van der Waals surface area (Å²) < 4.78 is 0. The van der Waals surface area contributed by atoms with Crippen molar-refractivity contribution in [1.82, 2.24) is 9.97 Å². The van der Waals surface area contributed by atoms with E-state index in [1.54, 1.807) is 0 Å². The standard InChI is InChI=1S/C17H18N4/c1-12-17(21-16-9-5-4-8-15(16)20-12)19-11-14-7-3-2-6-13(14)10-18/h2-9H,10-11,18H2,1H3,(H,19,21). The third kappa shape index (κ3) is 2.85. The van der Waals surface area contributed by atoms with E-state index in [4.69, 9.17) is 5.73 Å². The van der Waals surface area contributed by atoms with Crippen molar-refractivity contribution in [2.45, 2.75) is 20.0 Å². The van der Waals surface area contributed by atoms with E-state index >= 15 is 0 Å². The summed E-state index contributed by atoms with van der Waals surface area (Å²) in [5, 5.41) is 3.37. The number of benzene rings is 2. The average molecular weight is 278 g/mol. The fourth-order valence-electron chi connectivity index (χ4n) is 2.36. The first-order valence-corrected chi connectivity index (χ1v) is 7.02. The number of rotatable bonds is 4. The van der Waals surface area contributed by atoms with E-state index in [0.29, 0.717) is 13.1 Å². The molecule has 0 spiro atoms. The van der Waals surface area contributed by atoms with Gasteiger partial charge >= 0.3 is 0 Å². The van der Waals surface area contributed by atoms with E-state index in [-0.39, 0.29) is 0 Å². The maximum Gasteiger partial charge on any atom is 0.148 e. The highest BCUT2D eigenvalue weighted by Crippen LogP contribution is 2.17. The highest BCUT2D eigenvalue weighted by atomic mass is 15.0. The Hall–Kier alpha value is -2.46. The van der Waals surface area contributed by atoms with Crippen LogP contribution in [0, 0.1) is 6.92 Å². The zero-order chi connectivity index (χ0) is 14.7. The molecule has 0 bridgehead atoms. The van der Waals surface area contributed by atoms with Crippen LogP contribution >= 0.6 is 0 Å². The molecule has 1 aromatic heterocycles. The second-order valence-corrected chi connectivity index (χ2v) is 4.97. The Labute approximate surface area is 124 Å². The molecule has 3 N–H and O–H groups in total. The third-order valence-electron chi connectivity index (χ3n) is 3.53. The molecule has 21 heavy (non-hydrogen) atoms. The second kappa shape index (κ2) is 5.89. The smallest absolute Gasteiger partial charge is 0.148 e. The van der Waals surface area contributed by atoms with Crippen LogP contribution in [0.25, 0.3) is 11.0 Å². The van der Waals surface area contributed by atoms with E-state index in [9.17, 15) is 0 Å². The van der Waals surface area contributed by atoms with Crippen LogP contribution in [-0.4, -0.2) is 9.97 Å². The first-order valence-electron chi connectivity index (χ1n) is 7.02. The first-order chi connectivity index (χ1) is 10.3. The number of nitrogens with one attached hydrogen (secondary N) is 1. The zero-order valence-electron chi connectivity index (χ0n) is 12.0. The van der Waals surface area contributed by atoms with Gasteiger partial charge in [0.25, 0.3) is 0 Å². The van der Waals surface area contributed by atoms with Crippen molar-refractivity contribution in [3.8, 4) is 0 Å². The molecule has 106 valence electrons. The van der Waals surface area contributed by atoms with Crippen LogP contribution in [-0.2, 0) is 13.1 Å². The summed E-state index contributed by atoms with van der Waals surface area (Å²) in [5.41, 5.74) is 10.8. The third-order valence-corrected chi connectivity index (χ3v) is 3.53. The lowest BCUT2D eigenvalue weighted by atomic mass is 10.1. The van der Waals surface area contributed by atoms with Crippen molar-refractivity contribution in [3.05, 3.63) is 65.4 Å². The number of aromatic nitrogens is 2. The summed E-state index contributed by atoms with van der Waals surface area (Å²) in [6.45, 7) is 3.21. The van der Waals surface area contributed by atoms with Crippen LogP contribution in [0.4, 0.5) is 5.82 Å². The molecular formula is C17H18N4. The van der Waals surface area contributed by atoms with Crippen LogP contribution in [0.15, 0.2) is 48.5 Å². The Bertz CT molecular complexity index is 768. The van der Waals surface area contributed by atoms with E-state index in [2.05, 4.69) is 27.4 Å². The lowest BCUT2D eigenvalue weighted by molar-refractivity contribution is 0.997. The topological polar surface area (TPSA) is 63.8 Å². The van der Waals surface area contributed by atoms with Gasteiger partial charge < -0.3 is 11.1 Å². The summed E-state index contributed by atoms with van der Waals surface area (Å²) in [7, 11) is 0. The fourth-order valence-corrected chi connectivity index (χ4v) is 2.36. The average Bonchev–Trinajstić information content (AvgIpc) is 2.53. The summed E-state index contributed by atoms with van der Waals surface area (Å²) in [6, 6.07) is 16.1. The quantitative estimate of drug-likeness (QED) is 0.770. The number of aryl methyl sites for hydroxylation is 1. The minimum atomic E-state index is 0.542. The minimum absolute atomic E-state index is 0.542. The lowest BCUT2D eigenvalue weighted by Crippen LogP contribution is -2.08. The summed E-state index contributed by atoms with van der Waals surface area (Å²) in [5.74, 6) is 0.820. The Balaban J connectivity index is 1.86. The number of para-hydroxylation sites is 2. The molecule has 0 radical (unpaired) electrons. The summed E-state index contributed by atoms with van der Waals surface area (Å²) in [4.78, 5) is 9.22. The van der Waals surface area contributed by atoms with E-state index in [0.717, 1.165) is 28.1 Å². The molecule has 4 heteroatoms. The van der Waals surface area contributed by atoms with E-state index in [1.165, 1.54) is 5.56 Å². The molecule has 0 amide bonds. The van der Waals surface area contributed by atoms with Crippen LogP contribution in [0.5, 0.6) is 0 Å². The second-order valence-electron chi connectivity index (χ2n) is 4.97. The van der Waals surface area contributed by atoms with E-state index < -0.39 is 0 Å². The van der Waals surface area contributed by atoms with Gasteiger partial charge in [0.05, 0.1) is 16.7 Å². The fraction of sp³-hybridized carbons (Fsp3) is 0.176. The Morgan fingerprint density at radius 3 is 2.24 bits per heavy atom. The van der Waals surface area contributed by atoms with Crippen molar-refractivity contribution in [2.24, 2.45) is 5.73 Å². The highest BCUT2D eigenvalue weighted by molar-refractivity contribution is 5.76. The first kappa shape index (κ1) is 13.5. The van der Waals surface area contributed by atoms with Gasteiger partial charge in [0.15, 0.2) is 0 Å². The largest absolute Gasteiger partial charge is 0.364 e. The van der Waals surface area contributed by atoms with Crippen molar-refractivity contribution >= 4 is 16.9 Å². The molecule has 2 aromatic carbocycles. The minimum Gasteiger partial charge on any atom is -0.364 e. The Morgan fingerprint density at radius 1 is 0.905 bits per heavy atom. The van der Waals surface area contributed by atoms with Crippen molar-refractivity contribution in [1.29, 1.82) is 0 Å². The molecule has 0 unspecified atom stereocenters. The number of fused-ring (bicyclic) bond motifs is 1. The van der Waals surface area contributed by atoms with Crippen molar-refractivity contribution < 1.29 is 0 Å². The molecule has 0 aliphatic rings. The highest BCUT2D eigenvalue weighted by Gasteiger charge is 2.06. The van der Waals surface area contributed by atoms with Gasteiger partial charge in [0.1, 0.15) is 5.82 Å². The van der Waals surface area contributed by atoms with Gasteiger partial charge in [0, 0.05) is 13.1 Å². The Morgan fingerprint density at radius 2 is 1.52 bits per heavy atom. The summed E-state index contributed by atoms with van der Waals surface area (Å²) in [6.07, 6.45) is 0. The van der Waals surface area contributed by atoms with Crippen LogP contribution in [0.3, 0.4) is 0 Å². The molecular weight excluding hydrogens is 260 g/mol. The number of hydrogen-bond donors (Lipinski definition) is 2. The van der Waals surface area contributed by atoms with Crippen molar-refractivity contribution in [3.63, 3.8) is 0 Å². The molecule has 0 aliphatic heterocycles. The van der Waals surface area contributed by atoms with Gasteiger partial charge in [-0.2, -0.15) is 0 Å². The maximum absolute atomic E-state index is 5.77. The van der Waals surface area contributed by atoms with Gasteiger partial charge in [-0.15, -0.1) is 0 Å². The zero-order valence-corrected chi connectivity index (χ0v) is 12.0. The van der Waals surface area contributed by atoms with Gasteiger partial charge in [-0.1, -0.05) is 36.4 Å². The normalized spacial score (nSPS) is 10.8. The van der Waals surface area contributed by atoms with E-state index in [1.807, 2.05) is 43.3 Å². The predicted octanol–water partition coefficient (Wildman–Crippen LogP) is 3.01. The van der Waals surface area contributed by atoms with Crippen molar-refractivity contribution in [2.75, 3.05) is 5.32 Å². The number of nitrogens with zero attached hydrogens (tertiary/aromatic N) is 2. The van der Waals surface area contributed by atoms with Crippen LogP contribution in [0.1, 0.15) is 16.8 Å². The number of hydrogen-bond acceptors (Lipinski definition) is 4.